The van der Waals surface area contributed by atoms with E-state index in [4.69, 9.17) is 4.42 Å². The smallest absolute Gasteiger partial charge is 0.137 e. The van der Waals surface area contributed by atoms with Gasteiger partial charge in [0.05, 0.1) is 11.6 Å². The first-order valence-corrected chi connectivity index (χ1v) is 4.25. The molecule has 0 amide bonds. The number of thiol groups is 1. The Bertz CT molecular complexity index is 406. The third-order valence-electron chi connectivity index (χ3n) is 1.82. The second kappa shape index (κ2) is 2.75. The fraction of sp³-hybridized carbons (Fsp3) is 0.111. The normalized spacial score (nSPS) is 10.8. The van der Waals surface area contributed by atoms with Crippen LogP contribution in [0.1, 0.15) is 5.56 Å². The van der Waals surface area contributed by atoms with Gasteiger partial charge in [-0.25, -0.2) is 0 Å². The molecule has 0 spiro atoms. The lowest BCUT2D eigenvalue weighted by Crippen LogP contribution is -1.73. The van der Waals surface area contributed by atoms with Gasteiger partial charge in [0, 0.05) is 11.3 Å². The fourth-order valence-electron chi connectivity index (χ4n) is 1.25. The minimum absolute atomic E-state index is 0.255. The van der Waals surface area contributed by atoms with Crippen LogP contribution in [0.3, 0.4) is 0 Å². The van der Waals surface area contributed by atoms with Crippen LogP contribution in [-0.4, -0.2) is 5.11 Å². The number of rotatable bonds is 1. The van der Waals surface area contributed by atoms with Crippen molar-refractivity contribution in [1.82, 2.24) is 0 Å². The molecule has 1 aromatic heterocycles. The maximum Gasteiger partial charge on any atom is 0.137 e. The summed E-state index contributed by atoms with van der Waals surface area (Å²) in [7, 11) is 0. The average Bonchev–Trinajstić information content (AvgIpc) is 2.49. The van der Waals surface area contributed by atoms with E-state index in [9.17, 15) is 5.11 Å². The number of furan rings is 1. The van der Waals surface area contributed by atoms with Crippen molar-refractivity contribution < 1.29 is 9.52 Å². The van der Waals surface area contributed by atoms with Crippen LogP contribution in [0.4, 0.5) is 0 Å². The zero-order valence-electron chi connectivity index (χ0n) is 6.32. The summed E-state index contributed by atoms with van der Waals surface area (Å²) in [5, 5.41) is 10.2. The van der Waals surface area contributed by atoms with Gasteiger partial charge in [-0.1, -0.05) is 6.07 Å². The first kappa shape index (κ1) is 7.55. The molecule has 0 atom stereocenters. The van der Waals surface area contributed by atoms with E-state index in [2.05, 4.69) is 12.6 Å². The van der Waals surface area contributed by atoms with Crippen molar-refractivity contribution in [1.29, 1.82) is 0 Å². The van der Waals surface area contributed by atoms with Crippen molar-refractivity contribution in [3.05, 3.63) is 30.0 Å². The highest BCUT2D eigenvalue weighted by atomic mass is 32.1. The largest absolute Gasteiger partial charge is 0.507 e. The Morgan fingerprint density at radius 3 is 3.00 bits per heavy atom. The van der Waals surface area contributed by atoms with E-state index in [-0.39, 0.29) is 5.75 Å². The van der Waals surface area contributed by atoms with Gasteiger partial charge in [0.15, 0.2) is 0 Å². The molecule has 1 heterocycles. The third-order valence-corrected chi connectivity index (χ3v) is 2.16. The molecule has 1 aromatic carbocycles. The predicted octanol–water partition coefficient (Wildman–Crippen LogP) is 2.57. The molecular weight excluding hydrogens is 172 g/mol. The molecule has 0 bridgehead atoms. The van der Waals surface area contributed by atoms with Crippen LogP contribution in [0, 0.1) is 0 Å². The Morgan fingerprint density at radius 1 is 1.42 bits per heavy atom. The molecule has 0 aliphatic heterocycles. The van der Waals surface area contributed by atoms with E-state index < -0.39 is 0 Å². The van der Waals surface area contributed by atoms with Gasteiger partial charge in [0.25, 0.3) is 0 Å². The minimum atomic E-state index is 0.255. The van der Waals surface area contributed by atoms with Gasteiger partial charge >= 0.3 is 0 Å². The Labute approximate surface area is 75.2 Å². The fourth-order valence-corrected chi connectivity index (χ4v) is 1.48. The van der Waals surface area contributed by atoms with Gasteiger partial charge in [-0.05, 0) is 12.1 Å². The summed E-state index contributed by atoms with van der Waals surface area (Å²) in [5.74, 6) is 0.829. The van der Waals surface area contributed by atoms with Crippen molar-refractivity contribution in [2.45, 2.75) is 5.75 Å². The average molecular weight is 180 g/mol. The van der Waals surface area contributed by atoms with Crippen molar-refractivity contribution in [2.75, 3.05) is 0 Å². The molecule has 62 valence electrons. The van der Waals surface area contributed by atoms with Crippen LogP contribution in [0.2, 0.25) is 0 Å². The van der Waals surface area contributed by atoms with E-state index in [0.717, 1.165) is 10.9 Å². The number of hydrogen-bond donors (Lipinski definition) is 2. The SMILES string of the molecule is Oc1cccc2occ(CS)c12. The summed E-state index contributed by atoms with van der Waals surface area (Å²) in [6.45, 7) is 0. The second-order valence-electron chi connectivity index (χ2n) is 2.57. The van der Waals surface area contributed by atoms with E-state index in [1.54, 1.807) is 18.4 Å². The van der Waals surface area contributed by atoms with Crippen molar-refractivity contribution in [3.63, 3.8) is 0 Å². The summed E-state index contributed by atoms with van der Waals surface area (Å²) in [6, 6.07) is 5.22. The molecule has 0 saturated carbocycles. The Hall–Kier alpha value is -1.09. The van der Waals surface area contributed by atoms with E-state index in [0.29, 0.717) is 11.3 Å². The Kier molecular flexibility index (Phi) is 1.73. The number of benzene rings is 1. The molecule has 3 heteroatoms. The summed E-state index contributed by atoms with van der Waals surface area (Å²) < 4.78 is 5.21. The number of phenols is 1. The molecule has 2 aromatic rings. The molecule has 12 heavy (non-hydrogen) atoms. The van der Waals surface area contributed by atoms with Gasteiger partial charge in [-0.3, -0.25) is 0 Å². The zero-order chi connectivity index (χ0) is 8.55. The standard InChI is InChI=1S/C9H8O2S/c10-7-2-1-3-8-9(7)6(5-12)4-11-8/h1-4,10,12H,5H2. The third kappa shape index (κ3) is 0.975. The van der Waals surface area contributed by atoms with Crippen LogP contribution in [0.5, 0.6) is 5.75 Å². The maximum atomic E-state index is 9.48. The number of aromatic hydroxyl groups is 1. The van der Waals surface area contributed by atoms with Gasteiger partial charge in [0.1, 0.15) is 11.3 Å². The number of phenolic OH excluding ortho intramolecular Hbond substituents is 1. The van der Waals surface area contributed by atoms with Crippen molar-refractivity contribution in [2.24, 2.45) is 0 Å². The van der Waals surface area contributed by atoms with E-state index >= 15 is 0 Å². The highest BCUT2D eigenvalue weighted by Crippen LogP contribution is 2.30. The summed E-state index contributed by atoms with van der Waals surface area (Å²) in [5.41, 5.74) is 1.63. The minimum Gasteiger partial charge on any atom is -0.507 e. The first-order valence-electron chi connectivity index (χ1n) is 3.62. The highest BCUT2D eigenvalue weighted by Gasteiger charge is 2.07. The lowest BCUT2D eigenvalue weighted by atomic mass is 10.2. The van der Waals surface area contributed by atoms with E-state index in [1.165, 1.54) is 0 Å². The zero-order valence-corrected chi connectivity index (χ0v) is 7.21. The summed E-state index contributed by atoms with van der Waals surface area (Å²) >= 11 is 4.13. The van der Waals surface area contributed by atoms with E-state index in [1.807, 2.05) is 6.07 Å². The molecule has 0 aliphatic rings. The molecular formula is C9H8O2S. The van der Waals surface area contributed by atoms with Crippen LogP contribution in [0.15, 0.2) is 28.9 Å². The molecule has 0 aliphatic carbocycles. The van der Waals surface area contributed by atoms with Crippen LogP contribution < -0.4 is 0 Å². The molecule has 0 fully saturated rings. The second-order valence-corrected chi connectivity index (χ2v) is 2.89. The molecule has 0 unspecified atom stereocenters. The topological polar surface area (TPSA) is 33.4 Å². The number of fused-ring (bicyclic) bond motifs is 1. The van der Waals surface area contributed by atoms with Crippen LogP contribution >= 0.6 is 12.6 Å². The molecule has 0 saturated heterocycles. The predicted molar refractivity (Wildman–Crippen MR) is 50.6 cm³/mol. The molecule has 1 N–H and O–H groups in total. The van der Waals surface area contributed by atoms with Gasteiger partial charge in [-0.15, -0.1) is 0 Å². The molecule has 0 radical (unpaired) electrons. The lowest BCUT2D eigenvalue weighted by Gasteiger charge is -1.94. The number of hydrogen-bond acceptors (Lipinski definition) is 3. The first-order chi connectivity index (χ1) is 5.83. The van der Waals surface area contributed by atoms with Crippen molar-refractivity contribution in [3.8, 4) is 5.75 Å². The summed E-state index contributed by atoms with van der Waals surface area (Å²) in [6.07, 6.45) is 1.62. The quantitative estimate of drug-likeness (QED) is 0.661. The maximum absolute atomic E-state index is 9.48. The van der Waals surface area contributed by atoms with Gasteiger partial charge < -0.3 is 9.52 Å². The Morgan fingerprint density at radius 2 is 2.25 bits per heavy atom. The van der Waals surface area contributed by atoms with Gasteiger partial charge in [0.2, 0.25) is 0 Å². The lowest BCUT2D eigenvalue weighted by molar-refractivity contribution is 0.481. The molecule has 2 nitrogen and oxygen atoms in total. The van der Waals surface area contributed by atoms with Crippen molar-refractivity contribution >= 4 is 23.6 Å². The monoisotopic (exact) mass is 180 g/mol. The van der Waals surface area contributed by atoms with Crippen LogP contribution in [-0.2, 0) is 5.75 Å². The summed E-state index contributed by atoms with van der Waals surface area (Å²) in [4.78, 5) is 0. The van der Waals surface area contributed by atoms with Gasteiger partial charge in [-0.2, -0.15) is 12.6 Å². The molecule has 2 rings (SSSR count). The van der Waals surface area contributed by atoms with Crippen LogP contribution in [0.25, 0.3) is 11.0 Å². The Balaban J connectivity index is 2.83. The highest BCUT2D eigenvalue weighted by molar-refractivity contribution is 7.79.